The third-order valence-electron chi connectivity index (χ3n) is 1.25. The van der Waals surface area contributed by atoms with Crippen LogP contribution in [0.4, 0.5) is 5.69 Å². The number of esters is 1. The van der Waals surface area contributed by atoms with Crippen molar-refractivity contribution >= 4 is 11.7 Å². The van der Waals surface area contributed by atoms with Crippen molar-refractivity contribution in [1.82, 2.24) is 0 Å². The largest absolute Gasteiger partial charge is 0.508 e. The lowest BCUT2D eigenvalue weighted by Crippen LogP contribution is -2.03. The number of rotatable bonds is 1. The van der Waals surface area contributed by atoms with Gasteiger partial charge in [-0.2, -0.15) is 0 Å². The first-order valence-corrected chi connectivity index (χ1v) is 3.36. The van der Waals surface area contributed by atoms with Crippen LogP contribution in [-0.2, 0) is 4.79 Å². The second kappa shape index (κ2) is 3.13. The zero-order valence-corrected chi connectivity index (χ0v) is 6.57. The maximum atomic E-state index is 10.5. The van der Waals surface area contributed by atoms with Crippen molar-refractivity contribution in [3.8, 4) is 11.5 Å². The minimum Gasteiger partial charge on any atom is -0.508 e. The summed E-state index contributed by atoms with van der Waals surface area (Å²) in [5.41, 5.74) is 5.77. The molecule has 3 N–H and O–H groups in total. The number of anilines is 1. The number of hydrogen-bond acceptors (Lipinski definition) is 4. The van der Waals surface area contributed by atoms with Crippen LogP contribution in [0.5, 0.6) is 11.5 Å². The van der Waals surface area contributed by atoms with Crippen LogP contribution in [0.1, 0.15) is 6.92 Å². The van der Waals surface area contributed by atoms with Crippen molar-refractivity contribution in [3.05, 3.63) is 18.2 Å². The molecule has 0 amide bonds. The van der Waals surface area contributed by atoms with Crippen LogP contribution in [0.3, 0.4) is 0 Å². The number of phenolic OH excluding ortho intramolecular Hbond substituents is 1. The molecule has 0 heterocycles. The Morgan fingerprint density at radius 1 is 1.58 bits per heavy atom. The van der Waals surface area contributed by atoms with Gasteiger partial charge in [0.25, 0.3) is 0 Å². The van der Waals surface area contributed by atoms with Crippen LogP contribution in [0.2, 0.25) is 0 Å². The molecule has 64 valence electrons. The number of nitrogen functional groups attached to an aromatic ring is 1. The second-order valence-electron chi connectivity index (χ2n) is 2.32. The summed E-state index contributed by atoms with van der Waals surface area (Å²) in [6.07, 6.45) is 0. The molecule has 0 aliphatic carbocycles. The highest BCUT2D eigenvalue weighted by Gasteiger charge is 2.03. The number of carbonyl (C=O) groups is 1. The number of phenols is 1. The quantitative estimate of drug-likeness (QED) is 0.282. The molecule has 0 fully saturated rings. The average molecular weight is 167 g/mol. The summed E-state index contributed by atoms with van der Waals surface area (Å²) in [5, 5.41) is 9.00. The van der Waals surface area contributed by atoms with Crippen LogP contribution >= 0.6 is 0 Å². The second-order valence-corrected chi connectivity index (χ2v) is 2.32. The van der Waals surface area contributed by atoms with Gasteiger partial charge in [0.15, 0.2) is 5.75 Å². The monoisotopic (exact) mass is 167 g/mol. The smallest absolute Gasteiger partial charge is 0.308 e. The van der Waals surface area contributed by atoms with E-state index in [9.17, 15) is 4.79 Å². The van der Waals surface area contributed by atoms with Crippen molar-refractivity contribution in [2.75, 3.05) is 5.73 Å². The maximum absolute atomic E-state index is 10.5. The van der Waals surface area contributed by atoms with Gasteiger partial charge in [-0.15, -0.1) is 0 Å². The van der Waals surface area contributed by atoms with E-state index in [0.29, 0.717) is 5.69 Å². The molecule has 1 rings (SSSR count). The van der Waals surface area contributed by atoms with E-state index in [0.717, 1.165) is 0 Å². The fourth-order valence-electron chi connectivity index (χ4n) is 0.766. The Hall–Kier alpha value is -1.71. The molecule has 0 spiro atoms. The predicted molar refractivity (Wildman–Crippen MR) is 43.8 cm³/mol. The lowest BCUT2D eigenvalue weighted by molar-refractivity contribution is -0.131. The minimum atomic E-state index is -0.465. The van der Waals surface area contributed by atoms with E-state index in [1.54, 1.807) is 0 Å². The molecule has 12 heavy (non-hydrogen) atoms. The Morgan fingerprint density at radius 2 is 2.25 bits per heavy atom. The number of benzene rings is 1. The van der Waals surface area contributed by atoms with Crippen molar-refractivity contribution in [2.24, 2.45) is 0 Å². The van der Waals surface area contributed by atoms with Crippen LogP contribution in [0, 0.1) is 0 Å². The zero-order chi connectivity index (χ0) is 9.14. The van der Waals surface area contributed by atoms with Gasteiger partial charge in [0.05, 0.1) is 5.69 Å². The van der Waals surface area contributed by atoms with Crippen LogP contribution in [-0.4, -0.2) is 11.1 Å². The predicted octanol–water partition coefficient (Wildman–Crippen LogP) is 0.900. The van der Waals surface area contributed by atoms with Crippen LogP contribution in [0.15, 0.2) is 18.2 Å². The van der Waals surface area contributed by atoms with E-state index in [4.69, 9.17) is 15.6 Å². The summed E-state index contributed by atoms with van der Waals surface area (Å²) < 4.78 is 4.70. The highest BCUT2D eigenvalue weighted by molar-refractivity contribution is 5.72. The third-order valence-corrected chi connectivity index (χ3v) is 1.25. The van der Waals surface area contributed by atoms with Crippen molar-refractivity contribution in [2.45, 2.75) is 6.92 Å². The van der Waals surface area contributed by atoms with E-state index in [1.165, 1.54) is 25.1 Å². The average Bonchev–Trinajstić information content (AvgIpc) is 1.96. The van der Waals surface area contributed by atoms with Crippen molar-refractivity contribution < 1.29 is 14.6 Å². The van der Waals surface area contributed by atoms with E-state index < -0.39 is 5.97 Å². The van der Waals surface area contributed by atoms with Gasteiger partial charge >= 0.3 is 5.97 Å². The molecular formula is C8H9NO3. The first-order chi connectivity index (χ1) is 5.59. The SMILES string of the molecule is CC(=O)Oc1cc(O)ccc1N. The number of nitrogens with two attached hydrogens (primary N) is 1. The molecule has 0 unspecified atom stereocenters. The van der Waals surface area contributed by atoms with Gasteiger partial charge in [0.2, 0.25) is 0 Å². The van der Waals surface area contributed by atoms with E-state index in [-0.39, 0.29) is 11.5 Å². The molecule has 0 aromatic heterocycles. The van der Waals surface area contributed by atoms with E-state index in [2.05, 4.69) is 0 Å². The molecule has 0 atom stereocenters. The molecule has 4 nitrogen and oxygen atoms in total. The molecule has 1 aromatic carbocycles. The summed E-state index contributed by atoms with van der Waals surface area (Å²) in [6, 6.07) is 4.17. The van der Waals surface area contributed by atoms with Gasteiger partial charge in [-0.25, -0.2) is 0 Å². The first-order valence-electron chi connectivity index (χ1n) is 3.36. The zero-order valence-electron chi connectivity index (χ0n) is 6.57. The summed E-state index contributed by atoms with van der Waals surface area (Å²) in [5.74, 6) is -0.268. The number of hydrogen-bond donors (Lipinski definition) is 2. The maximum Gasteiger partial charge on any atom is 0.308 e. The van der Waals surface area contributed by atoms with Gasteiger partial charge in [-0.05, 0) is 12.1 Å². The number of carbonyl (C=O) groups excluding carboxylic acids is 1. The first kappa shape index (κ1) is 8.39. The highest BCUT2D eigenvalue weighted by Crippen LogP contribution is 2.25. The van der Waals surface area contributed by atoms with Gasteiger partial charge in [0, 0.05) is 13.0 Å². The molecule has 0 saturated heterocycles. The van der Waals surface area contributed by atoms with E-state index in [1.807, 2.05) is 0 Å². The standard InChI is InChI=1S/C8H9NO3/c1-5(10)12-8-4-6(11)2-3-7(8)9/h2-4,11H,9H2,1H3. The number of aromatic hydroxyl groups is 1. The van der Waals surface area contributed by atoms with Crippen molar-refractivity contribution in [1.29, 1.82) is 0 Å². The third kappa shape index (κ3) is 1.88. The minimum absolute atomic E-state index is 0.0143. The van der Waals surface area contributed by atoms with Crippen LogP contribution in [0.25, 0.3) is 0 Å². The number of ether oxygens (including phenoxy) is 1. The molecule has 4 heteroatoms. The molecule has 0 aliphatic heterocycles. The molecule has 1 aromatic rings. The Kier molecular flexibility index (Phi) is 2.19. The van der Waals surface area contributed by atoms with Gasteiger partial charge in [0.1, 0.15) is 5.75 Å². The van der Waals surface area contributed by atoms with Gasteiger partial charge in [-0.1, -0.05) is 0 Å². The highest BCUT2D eigenvalue weighted by atomic mass is 16.5. The summed E-state index contributed by atoms with van der Waals surface area (Å²) in [4.78, 5) is 10.5. The normalized spacial score (nSPS) is 9.42. The molecule has 0 radical (unpaired) electrons. The lowest BCUT2D eigenvalue weighted by atomic mass is 10.3. The summed E-state index contributed by atoms with van der Waals surface area (Å²) >= 11 is 0. The Balaban J connectivity index is 2.97. The summed E-state index contributed by atoms with van der Waals surface area (Å²) in [7, 11) is 0. The van der Waals surface area contributed by atoms with Gasteiger partial charge in [-0.3, -0.25) is 4.79 Å². The molecule has 0 bridgehead atoms. The Labute approximate surface area is 69.6 Å². The van der Waals surface area contributed by atoms with E-state index >= 15 is 0 Å². The fraction of sp³-hybridized carbons (Fsp3) is 0.125. The van der Waals surface area contributed by atoms with Crippen molar-refractivity contribution in [3.63, 3.8) is 0 Å². The van der Waals surface area contributed by atoms with Crippen LogP contribution < -0.4 is 10.5 Å². The lowest BCUT2D eigenvalue weighted by Gasteiger charge is -2.04. The molecular weight excluding hydrogens is 158 g/mol. The Morgan fingerprint density at radius 3 is 2.83 bits per heavy atom. The fourth-order valence-corrected chi connectivity index (χ4v) is 0.766. The molecule has 0 saturated carbocycles. The summed E-state index contributed by atoms with van der Waals surface area (Å²) in [6.45, 7) is 1.27. The Bertz CT molecular complexity index is 309. The molecule has 0 aliphatic rings. The topological polar surface area (TPSA) is 72.5 Å². The van der Waals surface area contributed by atoms with Gasteiger partial charge < -0.3 is 15.6 Å².